The second kappa shape index (κ2) is 9.05. The highest BCUT2D eigenvalue weighted by molar-refractivity contribution is 5.79. The molecule has 2 rings (SSSR count). The van der Waals surface area contributed by atoms with E-state index in [2.05, 4.69) is 0 Å². The quantitative estimate of drug-likeness (QED) is 0.691. The molecule has 0 aromatic heterocycles. The first-order chi connectivity index (χ1) is 12.0. The first kappa shape index (κ1) is 18.8. The molecule has 1 fully saturated rings. The number of carboxylic acid groups (broad SMARTS) is 1. The largest absolute Gasteiger partial charge is 0.550 e. The molecule has 7 nitrogen and oxygen atoms in total. The number of carbonyl (C=O) groups excluding carboxylic acids is 3. The number of aliphatic carboxylic acids is 1. The third kappa shape index (κ3) is 6.10. The Hall–Kier alpha value is -2.57. The molecule has 1 aromatic rings. The van der Waals surface area contributed by atoms with Crippen LogP contribution in [0.4, 0.5) is 0 Å². The minimum Gasteiger partial charge on any atom is -0.550 e. The van der Waals surface area contributed by atoms with Crippen molar-refractivity contribution in [1.82, 2.24) is 9.80 Å². The third-order valence-corrected chi connectivity index (χ3v) is 4.14. The van der Waals surface area contributed by atoms with Crippen molar-refractivity contribution in [3.05, 3.63) is 29.8 Å². The van der Waals surface area contributed by atoms with Crippen molar-refractivity contribution in [3.8, 4) is 5.75 Å². The Morgan fingerprint density at radius 2 is 1.52 bits per heavy atom. The minimum absolute atomic E-state index is 0.0252. The number of amides is 2. The molecular formula is C18H23N2O5-. The highest BCUT2D eigenvalue weighted by atomic mass is 16.5. The van der Waals surface area contributed by atoms with Crippen LogP contribution in [0.1, 0.15) is 24.8 Å². The maximum absolute atomic E-state index is 12.2. The number of ether oxygens (including phenoxy) is 1. The summed E-state index contributed by atoms with van der Waals surface area (Å²) in [5, 5.41) is 10.4. The molecule has 1 saturated heterocycles. The highest BCUT2D eigenvalue weighted by Crippen LogP contribution is 2.12. The zero-order chi connectivity index (χ0) is 18.2. The summed E-state index contributed by atoms with van der Waals surface area (Å²) in [7, 11) is 0. The summed E-state index contributed by atoms with van der Waals surface area (Å²) in [6, 6.07) is 7.49. The van der Waals surface area contributed by atoms with Crippen LogP contribution < -0.4 is 9.84 Å². The molecule has 0 N–H and O–H groups in total. The second-order valence-electron chi connectivity index (χ2n) is 6.09. The Bertz CT molecular complexity index is 606. The van der Waals surface area contributed by atoms with Crippen LogP contribution in [0.25, 0.3) is 0 Å². The lowest BCUT2D eigenvalue weighted by Gasteiger charge is -2.34. The molecule has 1 aliphatic rings. The van der Waals surface area contributed by atoms with Crippen LogP contribution in [0.15, 0.2) is 24.3 Å². The lowest BCUT2D eigenvalue weighted by Crippen LogP contribution is -2.51. The van der Waals surface area contributed by atoms with E-state index < -0.39 is 5.97 Å². The number of carboxylic acids is 1. The van der Waals surface area contributed by atoms with Gasteiger partial charge < -0.3 is 24.4 Å². The molecule has 136 valence electrons. The monoisotopic (exact) mass is 347 g/mol. The Labute approximate surface area is 147 Å². The molecule has 0 bridgehead atoms. The molecule has 1 aromatic carbocycles. The Morgan fingerprint density at radius 3 is 2.08 bits per heavy atom. The van der Waals surface area contributed by atoms with Gasteiger partial charge in [0, 0.05) is 38.6 Å². The standard InChI is InChI=1S/C18H24N2O5/c1-14-5-7-15(8-6-14)25-13-17(22)20-11-9-19(10-12-20)16(21)3-2-4-18(23)24/h5-8H,2-4,9-13H2,1H3,(H,23,24)/p-1. The van der Waals surface area contributed by atoms with E-state index in [9.17, 15) is 19.5 Å². The predicted octanol–water partition coefficient (Wildman–Crippen LogP) is -0.0352. The van der Waals surface area contributed by atoms with E-state index in [4.69, 9.17) is 4.74 Å². The average Bonchev–Trinajstić information content (AvgIpc) is 2.60. The molecule has 0 radical (unpaired) electrons. The topological polar surface area (TPSA) is 90.0 Å². The lowest BCUT2D eigenvalue weighted by atomic mass is 10.2. The van der Waals surface area contributed by atoms with E-state index in [0.717, 1.165) is 5.56 Å². The molecule has 7 heteroatoms. The molecule has 0 saturated carbocycles. The van der Waals surface area contributed by atoms with Gasteiger partial charge in [-0.3, -0.25) is 9.59 Å². The second-order valence-corrected chi connectivity index (χ2v) is 6.09. The van der Waals surface area contributed by atoms with Gasteiger partial charge in [0.15, 0.2) is 6.61 Å². The molecule has 0 unspecified atom stereocenters. The van der Waals surface area contributed by atoms with Gasteiger partial charge in [-0.05, 0) is 31.9 Å². The fourth-order valence-electron chi connectivity index (χ4n) is 2.62. The van der Waals surface area contributed by atoms with Crippen LogP contribution in [-0.2, 0) is 14.4 Å². The van der Waals surface area contributed by atoms with Crippen molar-refractivity contribution in [1.29, 1.82) is 0 Å². The van der Waals surface area contributed by atoms with E-state index in [-0.39, 0.29) is 37.7 Å². The van der Waals surface area contributed by atoms with Crippen LogP contribution in [0.3, 0.4) is 0 Å². The van der Waals surface area contributed by atoms with Crippen molar-refractivity contribution in [2.75, 3.05) is 32.8 Å². The number of rotatable bonds is 7. The van der Waals surface area contributed by atoms with Crippen LogP contribution in [0.5, 0.6) is 5.75 Å². The number of aryl methyl sites for hydroxylation is 1. The first-order valence-corrected chi connectivity index (χ1v) is 8.40. The molecule has 25 heavy (non-hydrogen) atoms. The Balaban J connectivity index is 1.70. The van der Waals surface area contributed by atoms with E-state index in [0.29, 0.717) is 31.9 Å². The maximum Gasteiger partial charge on any atom is 0.260 e. The van der Waals surface area contributed by atoms with E-state index in [1.54, 1.807) is 9.80 Å². The number of hydrogen-bond acceptors (Lipinski definition) is 5. The van der Waals surface area contributed by atoms with Crippen molar-refractivity contribution < 1.29 is 24.2 Å². The first-order valence-electron chi connectivity index (χ1n) is 8.40. The van der Waals surface area contributed by atoms with Crippen LogP contribution in [0, 0.1) is 6.92 Å². The maximum atomic E-state index is 12.2. The smallest absolute Gasteiger partial charge is 0.260 e. The van der Waals surface area contributed by atoms with Crippen LogP contribution in [0.2, 0.25) is 0 Å². The fourth-order valence-corrected chi connectivity index (χ4v) is 2.62. The fraction of sp³-hybridized carbons (Fsp3) is 0.500. The summed E-state index contributed by atoms with van der Waals surface area (Å²) in [6.45, 7) is 3.79. The van der Waals surface area contributed by atoms with Gasteiger partial charge in [0.05, 0.1) is 0 Å². The summed E-state index contributed by atoms with van der Waals surface area (Å²) in [6.07, 6.45) is 0.365. The van der Waals surface area contributed by atoms with Crippen LogP contribution in [-0.4, -0.2) is 60.4 Å². The number of carbonyl (C=O) groups is 3. The van der Waals surface area contributed by atoms with E-state index in [1.165, 1.54) is 0 Å². The summed E-state index contributed by atoms with van der Waals surface area (Å²) in [5.74, 6) is -0.675. The Kier molecular flexibility index (Phi) is 6.80. The van der Waals surface area contributed by atoms with Gasteiger partial charge in [0.1, 0.15) is 5.75 Å². The van der Waals surface area contributed by atoms with E-state index >= 15 is 0 Å². The van der Waals surface area contributed by atoms with Gasteiger partial charge in [-0.25, -0.2) is 0 Å². The van der Waals surface area contributed by atoms with Gasteiger partial charge in [0.25, 0.3) is 5.91 Å². The number of benzene rings is 1. The average molecular weight is 347 g/mol. The van der Waals surface area contributed by atoms with Crippen molar-refractivity contribution in [2.45, 2.75) is 26.2 Å². The van der Waals surface area contributed by atoms with Gasteiger partial charge in [-0.1, -0.05) is 17.7 Å². The molecule has 1 aliphatic heterocycles. The normalized spacial score (nSPS) is 14.3. The molecule has 2 amide bonds. The number of piperazine rings is 1. The van der Waals surface area contributed by atoms with Crippen molar-refractivity contribution in [2.24, 2.45) is 0 Å². The molecule has 0 atom stereocenters. The zero-order valence-corrected chi connectivity index (χ0v) is 14.4. The number of nitrogens with zero attached hydrogens (tertiary/aromatic N) is 2. The van der Waals surface area contributed by atoms with Crippen molar-refractivity contribution >= 4 is 17.8 Å². The lowest BCUT2D eigenvalue weighted by molar-refractivity contribution is -0.305. The zero-order valence-electron chi connectivity index (χ0n) is 14.4. The molecular weight excluding hydrogens is 324 g/mol. The van der Waals surface area contributed by atoms with Crippen LogP contribution >= 0.6 is 0 Å². The SMILES string of the molecule is Cc1ccc(OCC(=O)N2CCN(C(=O)CCCC(=O)[O-])CC2)cc1. The van der Waals surface area contributed by atoms with Gasteiger partial charge >= 0.3 is 0 Å². The van der Waals surface area contributed by atoms with E-state index in [1.807, 2.05) is 31.2 Å². The Morgan fingerprint density at radius 1 is 0.960 bits per heavy atom. The summed E-state index contributed by atoms with van der Waals surface area (Å²) in [5.41, 5.74) is 1.12. The summed E-state index contributed by atoms with van der Waals surface area (Å²) < 4.78 is 5.49. The minimum atomic E-state index is -1.14. The van der Waals surface area contributed by atoms with Gasteiger partial charge in [0.2, 0.25) is 5.91 Å². The summed E-state index contributed by atoms with van der Waals surface area (Å²) >= 11 is 0. The predicted molar refractivity (Wildman–Crippen MR) is 88.7 cm³/mol. The highest BCUT2D eigenvalue weighted by Gasteiger charge is 2.23. The van der Waals surface area contributed by atoms with Gasteiger partial charge in [-0.15, -0.1) is 0 Å². The molecule has 0 spiro atoms. The number of hydrogen-bond donors (Lipinski definition) is 0. The third-order valence-electron chi connectivity index (χ3n) is 4.14. The van der Waals surface area contributed by atoms with Crippen molar-refractivity contribution in [3.63, 3.8) is 0 Å². The molecule has 1 heterocycles. The summed E-state index contributed by atoms with van der Waals surface area (Å²) in [4.78, 5) is 37.9. The van der Waals surface area contributed by atoms with Gasteiger partial charge in [-0.2, -0.15) is 0 Å². The molecule has 0 aliphatic carbocycles.